The maximum atomic E-state index is 9.22. The highest BCUT2D eigenvalue weighted by molar-refractivity contribution is 9.10. The van der Waals surface area contributed by atoms with Gasteiger partial charge in [-0.15, -0.1) is 0 Å². The smallest absolute Gasteiger partial charge is 0.124 e. The van der Waals surface area contributed by atoms with Crippen molar-refractivity contribution in [2.24, 2.45) is 0 Å². The Morgan fingerprint density at radius 2 is 1.85 bits per heavy atom. The molecule has 4 nitrogen and oxygen atoms in total. The Bertz CT molecular complexity index is 714. The molecule has 7 heteroatoms. The van der Waals surface area contributed by atoms with Crippen LogP contribution in [0.4, 0.5) is 0 Å². The van der Waals surface area contributed by atoms with E-state index in [1.807, 2.05) is 24.3 Å². The van der Waals surface area contributed by atoms with Gasteiger partial charge < -0.3 is 20.5 Å². The van der Waals surface area contributed by atoms with E-state index < -0.39 is 0 Å². The van der Waals surface area contributed by atoms with Crippen LogP contribution >= 0.6 is 39.1 Å². The lowest BCUT2D eigenvalue weighted by molar-refractivity contribution is 0.191. The van der Waals surface area contributed by atoms with E-state index >= 15 is 0 Å². The summed E-state index contributed by atoms with van der Waals surface area (Å²) in [5.74, 6) is 0.809. The van der Waals surface area contributed by atoms with Crippen molar-refractivity contribution in [3.05, 3.63) is 62.0 Å². The molecule has 1 unspecified atom stereocenters. The van der Waals surface area contributed by atoms with E-state index in [4.69, 9.17) is 27.9 Å². The average molecular weight is 462 g/mol. The van der Waals surface area contributed by atoms with Gasteiger partial charge in [0.05, 0.1) is 6.10 Å². The minimum Gasteiger partial charge on any atom is -0.489 e. The Morgan fingerprint density at radius 1 is 1.08 bits per heavy atom. The Morgan fingerprint density at radius 3 is 2.58 bits per heavy atom. The van der Waals surface area contributed by atoms with Gasteiger partial charge in [-0.3, -0.25) is 0 Å². The van der Waals surface area contributed by atoms with E-state index in [0.29, 0.717) is 29.7 Å². The Balaban J connectivity index is 1.90. The first kappa shape index (κ1) is 21.5. The van der Waals surface area contributed by atoms with Gasteiger partial charge in [0.25, 0.3) is 0 Å². The Kier molecular flexibility index (Phi) is 9.19. The normalized spacial score (nSPS) is 12.2. The van der Waals surface area contributed by atoms with E-state index in [-0.39, 0.29) is 6.10 Å². The largest absolute Gasteiger partial charge is 0.489 e. The summed E-state index contributed by atoms with van der Waals surface area (Å²) in [5, 5.41) is 17.0. The molecule has 3 N–H and O–H groups in total. The fourth-order valence-electron chi connectivity index (χ4n) is 2.33. The maximum Gasteiger partial charge on any atom is 0.124 e. The van der Waals surface area contributed by atoms with Crippen molar-refractivity contribution in [1.29, 1.82) is 0 Å². The third kappa shape index (κ3) is 7.43. The van der Waals surface area contributed by atoms with Crippen LogP contribution in [0.25, 0.3) is 0 Å². The molecule has 0 aliphatic carbocycles. The van der Waals surface area contributed by atoms with Crippen LogP contribution in [-0.2, 0) is 13.2 Å². The van der Waals surface area contributed by atoms with Gasteiger partial charge in [0.1, 0.15) is 12.4 Å². The molecule has 0 heterocycles. The quantitative estimate of drug-likeness (QED) is 0.459. The first-order valence-corrected chi connectivity index (χ1v) is 9.95. The molecule has 2 aromatic rings. The van der Waals surface area contributed by atoms with E-state index in [1.165, 1.54) is 0 Å². The van der Waals surface area contributed by atoms with E-state index in [1.54, 1.807) is 19.1 Å². The number of benzene rings is 2. The molecular formula is C19H23BrCl2N2O2. The lowest BCUT2D eigenvalue weighted by Crippen LogP contribution is -2.31. The van der Waals surface area contributed by atoms with Crippen molar-refractivity contribution in [3.8, 4) is 5.75 Å². The summed E-state index contributed by atoms with van der Waals surface area (Å²) in [4.78, 5) is 0. The zero-order valence-electron chi connectivity index (χ0n) is 14.6. The van der Waals surface area contributed by atoms with Gasteiger partial charge in [0.2, 0.25) is 0 Å². The zero-order chi connectivity index (χ0) is 18.9. The minimum absolute atomic E-state index is 0.334. The molecule has 0 amide bonds. The van der Waals surface area contributed by atoms with Crippen molar-refractivity contribution >= 4 is 39.1 Å². The predicted octanol–water partition coefficient (Wildman–Crippen LogP) is 4.39. The monoisotopic (exact) mass is 460 g/mol. The topological polar surface area (TPSA) is 53.5 Å². The third-order valence-corrected chi connectivity index (χ3v) is 4.73. The van der Waals surface area contributed by atoms with Crippen molar-refractivity contribution in [3.63, 3.8) is 0 Å². The summed E-state index contributed by atoms with van der Waals surface area (Å²) in [6.45, 7) is 4.99. The summed E-state index contributed by atoms with van der Waals surface area (Å²) < 4.78 is 6.97. The molecule has 2 aromatic carbocycles. The van der Waals surface area contributed by atoms with E-state index in [9.17, 15) is 5.11 Å². The van der Waals surface area contributed by atoms with Gasteiger partial charge in [0, 0.05) is 51.8 Å². The van der Waals surface area contributed by atoms with Gasteiger partial charge in [0.15, 0.2) is 0 Å². The molecule has 0 fully saturated rings. The number of aliphatic hydroxyl groups excluding tert-OH is 1. The molecule has 2 rings (SSSR count). The fourth-order valence-corrected chi connectivity index (χ4v) is 3.20. The molecule has 26 heavy (non-hydrogen) atoms. The molecule has 0 saturated carbocycles. The number of aliphatic hydroxyl groups is 1. The molecule has 0 bridgehead atoms. The van der Waals surface area contributed by atoms with Crippen molar-refractivity contribution in [2.75, 3.05) is 19.6 Å². The molecular weight excluding hydrogens is 439 g/mol. The van der Waals surface area contributed by atoms with Gasteiger partial charge in [-0.2, -0.15) is 0 Å². The molecule has 0 aliphatic heterocycles. The van der Waals surface area contributed by atoms with Crippen molar-refractivity contribution in [2.45, 2.75) is 26.2 Å². The molecule has 0 aliphatic rings. The molecule has 0 spiro atoms. The Labute approximate surface area is 173 Å². The van der Waals surface area contributed by atoms with Crippen LogP contribution < -0.4 is 15.4 Å². The summed E-state index contributed by atoms with van der Waals surface area (Å²) in [6.07, 6.45) is -0.334. The summed E-state index contributed by atoms with van der Waals surface area (Å²) in [7, 11) is 0. The number of hydrogen-bond acceptors (Lipinski definition) is 4. The molecule has 0 radical (unpaired) electrons. The van der Waals surface area contributed by atoms with Crippen LogP contribution in [0.5, 0.6) is 5.75 Å². The average Bonchev–Trinajstić information content (AvgIpc) is 2.58. The SMILES string of the molecule is CC(O)CNCCNCc1cc(Br)ccc1OCc1ccc(Cl)cc1Cl. The molecule has 0 aromatic heterocycles. The third-order valence-electron chi connectivity index (χ3n) is 3.65. The predicted molar refractivity (Wildman–Crippen MR) is 111 cm³/mol. The highest BCUT2D eigenvalue weighted by Gasteiger charge is 2.07. The Hall–Kier alpha value is -0.820. The second-order valence-electron chi connectivity index (χ2n) is 6.01. The van der Waals surface area contributed by atoms with Crippen LogP contribution in [0.2, 0.25) is 10.0 Å². The highest BCUT2D eigenvalue weighted by atomic mass is 79.9. The molecule has 142 valence electrons. The second-order valence-corrected chi connectivity index (χ2v) is 7.77. The maximum absolute atomic E-state index is 9.22. The van der Waals surface area contributed by atoms with Gasteiger partial charge in [-0.25, -0.2) is 0 Å². The highest BCUT2D eigenvalue weighted by Crippen LogP contribution is 2.26. The van der Waals surface area contributed by atoms with Crippen LogP contribution in [0.3, 0.4) is 0 Å². The summed E-state index contributed by atoms with van der Waals surface area (Å²) >= 11 is 15.6. The molecule has 0 saturated heterocycles. The number of halogens is 3. The summed E-state index contributed by atoms with van der Waals surface area (Å²) in [6, 6.07) is 11.3. The van der Waals surface area contributed by atoms with Crippen molar-refractivity contribution < 1.29 is 9.84 Å². The van der Waals surface area contributed by atoms with Crippen LogP contribution in [0.1, 0.15) is 18.1 Å². The van der Waals surface area contributed by atoms with E-state index in [0.717, 1.165) is 34.4 Å². The van der Waals surface area contributed by atoms with Crippen LogP contribution in [0.15, 0.2) is 40.9 Å². The lowest BCUT2D eigenvalue weighted by Gasteiger charge is -2.14. The van der Waals surface area contributed by atoms with Crippen LogP contribution in [-0.4, -0.2) is 30.8 Å². The van der Waals surface area contributed by atoms with Crippen molar-refractivity contribution in [1.82, 2.24) is 10.6 Å². The first-order chi connectivity index (χ1) is 12.5. The van der Waals surface area contributed by atoms with Gasteiger partial charge in [-0.05, 0) is 37.3 Å². The zero-order valence-corrected chi connectivity index (χ0v) is 17.7. The first-order valence-electron chi connectivity index (χ1n) is 8.40. The fraction of sp³-hybridized carbons (Fsp3) is 0.368. The number of ether oxygens (including phenoxy) is 1. The van der Waals surface area contributed by atoms with Crippen LogP contribution in [0, 0.1) is 0 Å². The minimum atomic E-state index is -0.334. The summed E-state index contributed by atoms with van der Waals surface area (Å²) in [5.41, 5.74) is 1.94. The van der Waals surface area contributed by atoms with E-state index in [2.05, 4.69) is 26.6 Å². The standard InChI is InChI=1S/C19H23BrCl2N2O2/c1-13(25)10-23-6-7-24-11-15-8-16(20)3-5-19(15)26-12-14-2-4-17(21)9-18(14)22/h2-5,8-9,13,23-25H,6-7,10-12H2,1H3. The number of nitrogens with one attached hydrogen (secondary N) is 2. The number of hydrogen-bond donors (Lipinski definition) is 3. The lowest BCUT2D eigenvalue weighted by atomic mass is 10.2. The second kappa shape index (κ2) is 11.1. The number of rotatable bonds is 10. The molecule has 1 atom stereocenters. The van der Waals surface area contributed by atoms with Gasteiger partial charge in [-0.1, -0.05) is 45.2 Å². The van der Waals surface area contributed by atoms with Gasteiger partial charge >= 0.3 is 0 Å².